The van der Waals surface area contributed by atoms with E-state index in [2.05, 4.69) is 4.98 Å². The van der Waals surface area contributed by atoms with E-state index in [1.165, 1.54) is 6.26 Å². The molecule has 2 aromatic rings. The lowest BCUT2D eigenvalue weighted by Crippen LogP contribution is -2.11. The largest absolute Gasteiger partial charge is 0.497 e. The van der Waals surface area contributed by atoms with Gasteiger partial charge in [-0.3, -0.25) is 4.79 Å². The zero-order chi connectivity index (χ0) is 14.5. The highest BCUT2D eigenvalue weighted by Gasteiger charge is 2.11. The number of carbonyl (C=O) groups is 1. The molecule has 0 saturated carbocycles. The van der Waals surface area contributed by atoms with Gasteiger partial charge < -0.3 is 13.9 Å². The van der Waals surface area contributed by atoms with Crippen LogP contribution in [0, 0.1) is 5.92 Å². The molecule has 1 aromatic heterocycles. The fourth-order valence-electron chi connectivity index (χ4n) is 1.55. The number of carbonyl (C=O) groups excluding carboxylic acids is 1. The summed E-state index contributed by atoms with van der Waals surface area (Å²) in [4.78, 5) is 15.7. The lowest BCUT2D eigenvalue weighted by Gasteiger charge is -2.04. The Kier molecular flexibility index (Phi) is 4.40. The van der Waals surface area contributed by atoms with Crippen molar-refractivity contribution < 1.29 is 18.7 Å². The summed E-state index contributed by atoms with van der Waals surface area (Å²) in [6.45, 7) is 3.69. The fourth-order valence-corrected chi connectivity index (χ4v) is 1.55. The molecule has 0 unspecified atom stereocenters. The third kappa shape index (κ3) is 3.38. The fraction of sp³-hybridized carbons (Fsp3) is 0.333. The lowest BCUT2D eigenvalue weighted by atomic mass is 10.2. The van der Waals surface area contributed by atoms with Crippen molar-refractivity contribution in [1.82, 2.24) is 4.98 Å². The number of hydrogen-bond donors (Lipinski definition) is 0. The number of nitrogens with zero attached hydrogens (tertiary/aromatic N) is 1. The number of ether oxygens (including phenoxy) is 2. The maximum Gasteiger partial charge on any atom is 0.308 e. The third-order valence-corrected chi connectivity index (χ3v) is 2.72. The Morgan fingerprint density at radius 1 is 1.30 bits per heavy atom. The van der Waals surface area contributed by atoms with Gasteiger partial charge in [0, 0.05) is 5.56 Å². The van der Waals surface area contributed by atoms with E-state index in [1.807, 2.05) is 24.3 Å². The van der Waals surface area contributed by atoms with Crippen LogP contribution in [0.4, 0.5) is 0 Å². The molecule has 5 heteroatoms. The minimum Gasteiger partial charge on any atom is -0.497 e. The van der Waals surface area contributed by atoms with E-state index in [4.69, 9.17) is 13.9 Å². The second-order valence-electron chi connectivity index (χ2n) is 4.63. The van der Waals surface area contributed by atoms with Crippen molar-refractivity contribution in [1.29, 1.82) is 0 Å². The van der Waals surface area contributed by atoms with Gasteiger partial charge in [-0.2, -0.15) is 0 Å². The molecule has 106 valence electrons. The summed E-state index contributed by atoms with van der Waals surface area (Å²) in [5, 5.41) is 0. The summed E-state index contributed by atoms with van der Waals surface area (Å²) >= 11 is 0. The molecule has 1 heterocycles. The molecule has 0 aliphatic carbocycles. The van der Waals surface area contributed by atoms with Crippen LogP contribution in [0.3, 0.4) is 0 Å². The van der Waals surface area contributed by atoms with Gasteiger partial charge in [-0.25, -0.2) is 4.98 Å². The number of methoxy groups -OCH3 is 1. The van der Waals surface area contributed by atoms with E-state index < -0.39 is 0 Å². The molecular formula is C15H17NO4. The second-order valence-corrected chi connectivity index (χ2v) is 4.63. The third-order valence-electron chi connectivity index (χ3n) is 2.72. The molecule has 0 fully saturated rings. The molecule has 5 nitrogen and oxygen atoms in total. The SMILES string of the molecule is COc1ccc(-c2nc(COC(=O)C(C)C)co2)cc1. The quantitative estimate of drug-likeness (QED) is 0.785. The predicted octanol–water partition coefficient (Wildman–Crippen LogP) is 3.05. The van der Waals surface area contributed by atoms with Crippen LogP contribution in [-0.2, 0) is 16.1 Å². The summed E-state index contributed by atoms with van der Waals surface area (Å²) in [6.07, 6.45) is 1.49. The molecule has 0 atom stereocenters. The Morgan fingerprint density at radius 2 is 2.00 bits per heavy atom. The van der Waals surface area contributed by atoms with Crippen molar-refractivity contribution in [3.8, 4) is 17.2 Å². The van der Waals surface area contributed by atoms with Gasteiger partial charge in [0.05, 0.1) is 13.0 Å². The van der Waals surface area contributed by atoms with Crippen LogP contribution in [0.5, 0.6) is 5.75 Å². The lowest BCUT2D eigenvalue weighted by molar-refractivity contribution is -0.148. The van der Waals surface area contributed by atoms with Crippen LogP contribution in [0.1, 0.15) is 19.5 Å². The van der Waals surface area contributed by atoms with Gasteiger partial charge in [0.2, 0.25) is 5.89 Å². The molecule has 1 aromatic carbocycles. The average molecular weight is 275 g/mol. The molecule has 0 amide bonds. The summed E-state index contributed by atoms with van der Waals surface area (Å²) in [5.41, 5.74) is 1.43. The molecular weight excluding hydrogens is 258 g/mol. The van der Waals surface area contributed by atoms with Gasteiger partial charge >= 0.3 is 5.97 Å². The van der Waals surface area contributed by atoms with Crippen LogP contribution < -0.4 is 4.74 Å². The van der Waals surface area contributed by atoms with E-state index in [0.29, 0.717) is 11.6 Å². The first-order valence-corrected chi connectivity index (χ1v) is 6.35. The molecule has 0 N–H and O–H groups in total. The summed E-state index contributed by atoms with van der Waals surface area (Å²) < 4.78 is 15.6. The van der Waals surface area contributed by atoms with E-state index in [-0.39, 0.29) is 18.5 Å². The van der Waals surface area contributed by atoms with Crippen LogP contribution in [0.2, 0.25) is 0 Å². The Labute approximate surface area is 117 Å². The molecule has 0 bridgehead atoms. The van der Waals surface area contributed by atoms with Crippen molar-refractivity contribution in [3.63, 3.8) is 0 Å². The number of esters is 1. The number of rotatable bonds is 5. The molecule has 0 radical (unpaired) electrons. The van der Waals surface area contributed by atoms with E-state index in [1.54, 1.807) is 21.0 Å². The van der Waals surface area contributed by atoms with Crippen LogP contribution in [0.25, 0.3) is 11.5 Å². The Bertz CT molecular complexity index is 572. The van der Waals surface area contributed by atoms with Crippen molar-refractivity contribution in [2.45, 2.75) is 20.5 Å². The normalized spacial score (nSPS) is 10.6. The van der Waals surface area contributed by atoms with Gasteiger partial charge in [0.25, 0.3) is 0 Å². The van der Waals surface area contributed by atoms with Crippen molar-refractivity contribution in [2.75, 3.05) is 7.11 Å². The summed E-state index contributed by atoms with van der Waals surface area (Å²) in [5.74, 6) is 0.858. The van der Waals surface area contributed by atoms with Gasteiger partial charge in [-0.15, -0.1) is 0 Å². The topological polar surface area (TPSA) is 61.6 Å². The highest BCUT2D eigenvalue weighted by molar-refractivity contribution is 5.71. The number of oxazole rings is 1. The summed E-state index contributed by atoms with van der Waals surface area (Å²) in [6, 6.07) is 7.37. The second kappa shape index (κ2) is 6.23. The zero-order valence-corrected chi connectivity index (χ0v) is 11.8. The van der Waals surface area contributed by atoms with Crippen LogP contribution in [0.15, 0.2) is 34.9 Å². The van der Waals surface area contributed by atoms with Gasteiger partial charge in [0.15, 0.2) is 0 Å². The number of hydrogen-bond acceptors (Lipinski definition) is 5. The predicted molar refractivity (Wildman–Crippen MR) is 73.1 cm³/mol. The van der Waals surface area contributed by atoms with E-state index in [0.717, 1.165) is 11.3 Å². The van der Waals surface area contributed by atoms with Crippen LogP contribution in [-0.4, -0.2) is 18.1 Å². The first kappa shape index (κ1) is 14.1. The monoisotopic (exact) mass is 275 g/mol. The molecule has 2 rings (SSSR count). The zero-order valence-electron chi connectivity index (χ0n) is 11.8. The van der Waals surface area contributed by atoms with Crippen molar-refractivity contribution >= 4 is 5.97 Å². The van der Waals surface area contributed by atoms with Gasteiger partial charge in [-0.1, -0.05) is 13.8 Å². The summed E-state index contributed by atoms with van der Waals surface area (Å²) in [7, 11) is 1.61. The average Bonchev–Trinajstić information content (AvgIpc) is 2.93. The minimum absolute atomic E-state index is 0.122. The van der Waals surface area contributed by atoms with E-state index in [9.17, 15) is 4.79 Å². The number of benzene rings is 1. The molecule has 20 heavy (non-hydrogen) atoms. The smallest absolute Gasteiger partial charge is 0.308 e. The molecule has 0 aliphatic heterocycles. The highest BCUT2D eigenvalue weighted by atomic mass is 16.5. The minimum atomic E-state index is -0.251. The molecule has 0 saturated heterocycles. The Morgan fingerprint density at radius 3 is 2.60 bits per heavy atom. The standard InChI is InChI=1S/C15H17NO4/c1-10(2)15(17)20-9-12-8-19-14(16-12)11-4-6-13(18-3)7-5-11/h4-8,10H,9H2,1-3H3. The van der Waals surface area contributed by atoms with E-state index >= 15 is 0 Å². The molecule has 0 aliphatic rings. The van der Waals surface area contributed by atoms with Crippen LogP contribution >= 0.6 is 0 Å². The van der Waals surface area contributed by atoms with Crippen molar-refractivity contribution in [3.05, 3.63) is 36.2 Å². The number of aromatic nitrogens is 1. The Hall–Kier alpha value is -2.30. The maximum atomic E-state index is 11.4. The first-order valence-electron chi connectivity index (χ1n) is 6.35. The maximum absolute atomic E-state index is 11.4. The van der Waals surface area contributed by atoms with Gasteiger partial charge in [-0.05, 0) is 24.3 Å². The van der Waals surface area contributed by atoms with Gasteiger partial charge in [0.1, 0.15) is 24.3 Å². The molecule has 0 spiro atoms. The highest BCUT2D eigenvalue weighted by Crippen LogP contribution is 2.22. The Balaban J connectivity index is 2.02. The first-order chi connectivity index (χ1) is 9.60. The van der Waals surface area contributed by atoms with Crippen molar-refractivity contribution in [2.24, 2.45) is 5.92 Å².